The van der Waals surface area contributed by atoms with E-state index in [1.807, 2.05) is 24.3 Å². The lowest BCUT2D eigenvalue weighted by molar-refractivity contribution is 0.364. The summed E-state index contributed by atoms with van der Waals surface area (Å²) >= 11 is 3.47. The number of nitrogens with zero attached hydrogens (tertiary/aromatic N) is 4. The Morgan fingerprint density at radius 1 is 1.28 bits per heavy atom. The number of ether oxygens (including phenoxy) is 1. The van der Waals surface area contributed by atoms with Crippen molar-refractivity contribution in [3.05, 3.63) is 65.2 Å². The summed E-state index contributed by atoms with van der Waals surface area (Å²) in [5.41, 5.74) is 7.68. The first kappa shape index (κ1) is 18.1. The van der Waals surface area contributed by atoms with E-state index >= 15 is 0 Å². The topological polar surface area (TPSA) is 98.4 Å². The van der Waals surface area contributed by atoms with E-state index < -0.39 is 0 Å². The van der Waals surface area contributed by atoms with Crippen molar-refractivity contribution in [2.75, 3.05) is 11.5 Å². The zero-order chi connectivity index (χ0) is 18.2. The largest absolute Gasteiger partial charge is 0.487 e. The van der Waals surface area contributed by atoms with Crippen molar-refractivity contribution < 1.29 is 4.74 Å². The minimum Gasteiger partial charge on any atom is -0.487 e. The molecule has 0 amide bonds. The highest BCUT2D eigenvalue weighted by Gasteiger charge is 2.20. The summed E-state index contributed by atoms with van der Waals surface area (Å²) in [5, 5.41) is 18.0. The summed E-state index contributed by atoms with van der Waals surface area (Å²) in [6.45, 7) is 3.88. The Kier molecular flexibility index (Phi) is 6.16. The van der Waals surface area contributed by atoms with Crippen LogP contribution in [0, 0.1) is 22.8 Å². The predicted molar refractivity (Wildman–Crippen MR) is 100 cm³/mol. The predicted octanol–water partition coefficient (Wildman–Crippen LogP) is 3.82. The number of aliphatic imine (C=N–C) groups is 1. The standard InChI is InChI=1S/C18H14BrN5O/c1-2-9-25-17-10-13(11-20)7-8-16(17)24(18(22)23-12-21)15-6-4-3-5-14(15)19/h2-8,10H,1,9H2,(H2,22,23). The van der Waals surface area contributed by atoms with Crippen LogP contribution in [0.2, 0.25) is 0 Å². The molecule has 2 rings (SSSR count). The van der Waals surface area contributed by atoms with E-state index in [9.17, 15) is 0 Å². The summed E-state index contributed by atoms with van der Waals surface area (Å²) in [6.07, 6.45) is 3.28. The fraction of sp³-hybridized carbons (Fsp3) is 0.0556. The number of para-hydroxylation sites is 1. The number of hydrogen-bond donors (Lipinski definition) is 1. The van der Waals surface area contributed by atoms with Gasteiger partial charge in [0.15, 0.2) is 0 Å². The van der Waals surface area contributed by atoms with Crippen LogP contribution in [-0.4, -0.2) is 12.6 Å². The monoisotopic (exact) mass is 395 g/mol. The van der Waals surface area contributed by atoms with Crippen molar-refractivity contribution >= 4 is 33.3 Å². The zero-order valence-electron chi connectivity index (χ0n) is 13.2. The zero-order valence-corrected chi connectivity index (χ0v) is 14.8. The van der Waals surface area contributed by atoms with Crippen molar-refractivity contribution in [2.45, 2.75) is 0 Å². The lowest BCUT2D eigenvalue weighted by atomic mass is 10.1. The van der Waals surface area contributed by atoms with Crippen LogP contribution in [0.3, 0.4) is 0 Å². The first-order valence-corrected chi connectivity index (χ1v) is 7.96. The first-order valence-electron chi connectivity index (χ1n) is 7.17. The third-order valence-electron chi connectivity index (χ3n) is 3.17. The molecule has 0 fully saturated rings. The molecule has 25 heavy (non-hydrogen) atoms. The lowest BCUT2D eigenvalue weighted by Gasteiger charge is -2.26. The summed E-state index contributed by atoms with van der Waals surface area (Å²) in [7, 11) is 0. The molecule has 2 N–H and O–H groups in total. The number of halogens is 1. The highest BCUT2D eigenvalue weighted by atomic mass is 79.9. The summed E-state index contributed by atoms with van der Waals surface area (Å²) in [4.78, 5) is 5.22. The van der Waals surface area contributed by atoms with E-state index in [1.54, 1.807) is 35.4 Å². The second-order valence-electron chi connectivity index (χ2n) is 4.75. The third-order valence-corrected chi connectivity index (χ3v) is 3.84. The van der Waals surface area contributed by atoms with Crippen LogP contribution in [0.25, 0.3) is 0 Å². The van der Waals surface area contributed by atoms with Crippen LogP contribution in [0.5, 0.6) is 5.75 Å². The van der Waals surface area contributed by atoms with Gasteiger partial charge in [-0.05, 0) is 40.2 Å². The van der Waals surface area contributed by atoms with Crippen LogP contribution in [0.4, 0.5) is 11.4 Å². The quantitative estimate of drug-likeness (QED) is 0.359. The van der Waals surface area contributed by atoms with Gasteiger partial charge in [0.05, 0.1) is 23.0 Å². The van der Waals surface area contributed by atoms with Crippen molar-refractivity contribution in [1.82, 2.24) is 0 Å². The molecule has 2 aromatic rings. The maximum absolute atomic E-state index is 9.13. The van der Waals surface area contributed by atoms with E-state index in [2.05, 4.69) is 33.6 Å². The molecule has 0 unspecified atom stereocenters. The van der Waals surface area contributed by atoms with Crippen LogP contribution in [0.15, 0.2) is 64.6 Å². The molecule has 2 aromatic carbocycles. The second-order valence-corrected chi connectivity index (χ2v) is 5.61. The van der Waals surface area contributed by atoms with Gasteiger partial charge in [0.25, 0.3) is 0 Å². The van der Waals surface area contributed by atoms with Gasteiger partial charge in [-0.2, -0.15) is 10.5 Å². The molecule has 0 spiro atoms. The molecule has 6 nitrogen and oxygen atoms in total. The Morgan fingerprint density at radius 2 is 2.04 bits per heavy atom. The number of anilines is 2. The molecular weight excluding hydrogens is 382 g/mol. The summed E-state index contributed by atoms with van der Waals surface area (Å²) in [5.74, 6) is 0.397. The number of hydrogen-bond acceptors (Lipinski definition) is 4. The number of benzene rings is 2. The smallest absolute Gasteiger partial charge is 0.216 e. The van der Waals surface area contributed by atoms with Gasteiger partial charge < -0.3 is 10.5 Å². The van der Waals surface area contributed by atoms with E-state index in [1.165, 1.54) is 0 Å². The van der Waals surface area contributed by atoms with Gasteiger partial charge >= 0.3 is 0 Å². The maximum Gasteiger partial charge on any atom is 0.216 e. The number of rotatable bonds is 5. The number of guanidine groups is 1. The number of nitrogens with two attached hydrogens (primary N) is 1. The second kappa shape index (κ2) is 8.53. The van der Waals surface area contributed by atoms with Gasteiger partial charge in [-0.15, -0.1) is 4.99 Å². The Balaban J connectivity index is 2.68. The van der Waals surface area contributed by atoms with Crippen LogP contribution in [-0.2, 0) is 0 Å². The van der Waals surface area contributed by atoms with Gasteiger partial charge in [0, 0.05) is 10.5 Å². The van der Waals surface area contributed by atoms with E-state index in [-0.39, 0.29) is 12.6 Å². The fourth-order valence-electron chi connectivity index (χ4n) is 2.14. The van der Waals surface area contributed by atoms with E-state index in [0.29, 0.717) is 22.7 Å². The van der Waals surface area contributed by atoms with E-state index in [0.717, 1.165) is 4.47 Å². The minimum absolute atomic E-state index is 0.0254. The Morgan fingerprint density at radius 3 is 2.68 bits per heavy atom. The molecule has 0 aromatic heterocycles. The van der Waals surface area contributed by atoms with Gasteiger partial charge in [-0.3, -0.25) is 4.90 Å². The van der Waals surface area contributed by atoms with Gasteiger partial charge in [0.1, 0.15) is 12.4 Å². The highest BCUT2D eigenvalue weighted by molar-refractivity contribution is 9.10. The SMILES string of the molecule is C=CCOc1cc(C#N)ccc1N(C(N)=NC#N)c1ccccc1Br. The van der Waals surface area contributed by atoms with Crippen LogP contribution >= 0.6 is 15.9 Å². The van der Waals surface area contributed by atoms with Crippen LogP contribution < -0.4 is 15.4 Å². The number of nitriles is 2. The lowest BCUT2D eigenvalue weighted by Crippen LogP contribution is -2.33. The highest BCUT2D eigenvalue weighted by Crippen LogP contribution is 2.37. The average Bonchev–Trinajstić information content (AvgIpc) is 2.62. The molecule has 0 radical (unpaired) electrons. The molecular formula is C18H14BrN5O. The van der Waals surface area contributed by atoms with E-state index in [4.69, 9.17) is 21.0 Å². The molecule has 0 saturated heterocycles. The average molecular weight is 396 g/mol. The van der Waals surface area contributed by atoms with Crippen molar-refractivity contribution in [3.63, 3.8) is 0 Å². The van der Waals surface area contributed by atoms with Crippen molar-refractivity contribution in [3.8, 4) is 18.0 Å². The Hall–Kier alpha value is -3.29. The van der Waals surface area contributed by atoms with Gasteiger partial charge in [0.2, 0.25) is 12.2 Å². The normalized spacial score (nSPS) is 10.4. The summed E-state index contributed by atoms with van der Waals surface area (Å²) in [6, 6.07) is 14.4. The molecule has 0 atom stereocenters. The van der Waals surface area contributed by atoms with Crippen molar-refractivity contribution in [1.29, 1.82) is 10.5 Å². The molecule has 0 aliphatic carbocycles. The molecule has 124 valence electrons. The molecule has 0 heterocycles. The Labute approximate surface area is 154 Å². The molecule has 0 bridgehead atoms. The third kappa shape index (κ3) is 4.17. The fourth-order valence-corrected chi connectivity index (χ4v) is 2.61. The molecule has 0 aliphatic heterocycles. The van der Waals surface area contributed by atoms with Gasteiger partial charge in [-0.1, -0.05) is 24.8 Å². The van der Waals surface area contributed by atoms with Crippen molar-refractivity contribution in [2.24, 2.45) is 10.7 Å². The molecule has 7 heteroatoms. The first-order chi connectivity index (χ1) is 12.1. The van der Waals surface area contributed by atoms with Gasteiger partial charge in [-0.25, -0.2) is 0 Å². The maximum atomic E-state index is 9.13. The summed E-state index contributed by atoms with van der Waals surface area (Å²) < 4.78 is 6.43. The molecule has 0 aliphatic rings. The van der Waals surface area contributed by atoms with Crippen LogP contribution in [0.1, 0.15) is 5.56 Å². The Bertz CT molecular complexity index is 895. The minimum atomic E-state index is -0.0254. The molecule has 0 saturated carbocycles.